The Bertz CT molecular complexity index is 1080. The molecule has 1 aliphatic carbocycles. The van der Waals surface area contributed by atoms with Crippen LogP contribution in [0.3, 0.4) is 0 Å². The van der Waals surface area contributed by atoms with E-state index in [9.17, 15) is 4.39 Å². The number of nitrogens with two attached hydrogens (primary N) is 1. The third kappa shape index (κ3) is 4.38. The zero-order chi connectivity index (χ0) is 22.1. The maximum absolute atomic E-state index is 13.4. The van der Waals surface area contributed by atoms with Gasteiger partial charge in [0.05, 0.1) is 22.8 Å². The minimum atomic E-state index is -0.470. The van der Waals surface area contributed by atoms with Crippen LogP contribution in [0.1, 0.15) is 13.8 Å². The summed E-state index contributed by atoms with van der Waals surface area (Å²) < 4.78 is 19.4. The predicted molar refractivity (Wildman–Crippen MR) is 123 cm³/mol. The van der Waals surface area contributed by atoms with Crippen molar-refractivity contribution in [2.45, 2.75) is 13.8 Å². The molecule has 6 nitrogen and oxygen atoms in total. The second-order valence-corrected chi connectivity index (χ2v) is 8.31. The van der Waals surface area contributed by atoms with E-state index in [2.05, 4.69) is 27.2 Å². The van der Waals surface area contributed by atoms with Gasteiger partial charge in [0.1, 0.15) is 23.7 Å². The minimum Gasteiger partial charge on any atom is -0.491 e. The number of nitrogens with zero attached hydrogens (tertiary/aromatic N) is 3. The van der Waals surface area contributed by atoms with Crippen molar-refractivity contribution in [1.82, 2.24) is 14.9 Å². The van der Waals surface area contributed by atoms with Gasteiger partial charge in [-0.15, -0.1) is 0 Å². The molecule has 3 aromatic rings. The van der Waals surface area contributed by atoms with E-state index < -0.39 is 5.82 Å². The van der Waals surface area contributed by atoms with Crippen molar-refractivity contribution in [3.63, 3.8) is 0 Å². The van der Waals surface area contributed by atoms with Gasteiger partial charge in [0.15, 0.2) is 0 Å². The lowest BCUT2D eigenvalue weighted by molar-refractivity contribution is 0.254. The van der Waals surface area contributed by atoms with Crippen molar-refractivity contribution in [2.75, 3.05) is 37.8 Å². The van der Waals surface area contributed by atoms with Crippen molar-refractivity contribution in [2.24, 2.45) is 17.8 Å². The summed E-state index contributed by atoms with van der Waals surface area (Å²) in [6.07, 6.45) is 1.47. The van der Waals surface area contributed by atoms with E-state index in [1.165, 1.54) is 18.5 Å². The van der Waals surface area contributed by atoms with Gasteiger partial charge in [0, 0.05) is 36.1 Å². The first-order valence-corrected chi connectivity index (χ1v) is 10.9. The number of ether oxygens (including phenoxy) is 1. The number of rotatable bonds is 5. The van der Waals surface area contributed by atoms with Crippen LogP contribution >= 0.6 is 11.6 Å². The molecule has 0 radical (unpaired) electrons. The maximum Gasteiger partial charge on any atom is 0.144 e. The highest BCUT2D eigenvalue weighted by molar-refractivity contribution is 6.31. The normalized spacial score (nSPS) is 21.9. The first-order chi connectivity index (χ1) is 15.0. The number of nitrogens with one attached hydrogen (secondary N) is 1. The summed E-state index contributed by atoms with van der Waals surface area (Å²) in [5.74, 6) is 2.86. The molecule has 5 rings (SSSR count). The topological polar surface area (TPSA) is 76.3 Å². The van der Waals surface area contributed by atoms with Gasteiger partial charge in [-0.1, -0.05) is 25.4 Å². The van der Waals surface area contributed by atoms with Gasteiger partial charge in [-0.25, -0.2) is 14.4 Å². The van der Waals surface area contributed by atoms with Gasteiger partial charge in [0.25, 0.3) is 0 Å². The molecule has 31 heavy (non-hydrogen) atoms. The summed E-state index contributed by atoms with van der Waals surface area (Å²) in [6.45, 7) is 6.99. The largest absolute Gasteiger partial charge is 0.491 e. The number of anilines is 3. The summed E-state index contributed by atoms with van der Waals surface area (Å²) in [6, 6.07) is 8.06. The van der Waals surface area contributed by atoms with Gasteiger partial charge in [-0.2, -0.15) is 0 Å². The summed E-state index contributed by atoms with van der Waals surface area (Å²) >= 11 is 5.87. The van der Waals surface area contributed by atoms with E-state index in [0.29, 0.717) is 35.5 Å². The number of halogens is 2. The highest BCUT2D eigenvalue weighted by atomic mass is 35.5. The second kappa shape index (κ2) is 8.85. The maximum atomic E-state index is 13.4. The molecule has 0 bridgehead atoms. The van der Waals surface area contributed by atoms with E-state index in [0.717, 1.165) is 35.8 Å². The molecule has 2 aliphatic rings. The fourth-order valence-electron chi connectivity index (χ4n) is 4.33. The molecule has 0 amide bonds. The summed E-state index contributed by atoms with van der Waals surface area (Å²) in [5, 5.41) is 3.94. The van der Waals surface area contributed by atoms with Crippen LogP contribution in [-0.4, -0.2) is 41.6 Å². The third-order valence-electron chi connectivity index (χ3n) is 5.93. The number of benzene rings is 2. The Morgan fingerprint density at radius 2 is 1.94 bits per heavy atom. The lowest BCUT2D eigenvalue weighted by atomic mass is 10.2. The van der Waals surface area contributed by atoms with Gasteiger partial charge >= 0.3 is 0 Å². The van der Waals surface area contributed by atoms with Gasteiger partial charge < -0.3 is 20.7 Å². The monoisotopic (exact) mass is 443 g/mol. The average molecular weight is 444 g/mol. The van der Waals surface area contributed by atoms with E-state index in [4.69, 9.17) is 22.1 Å². The molecule has 1 saturated carbocycles. The molecule has 164 valence electrons. The van der Waals surface area contributed by atoms with E-state index in [1.807, 2.05) is 19.9 Å². The molecule has 2 atom stereocenters. The molecule has 2 fully saturated rings. The summed E-state index contributed by atoms with van der Waals surface area (Å²) in [4.78, 5) is 11.0. The molecule has 2 unspecified atom stereocenters. The van der Waals surface area contributed by atoms with Crippen LogP contribution in [0.2, 0.25) is 5.02 Å². The SMILES string of the molecule is CC.CN1CC2C(COc3cc4ncnc(Nc5ccc(F)c(Cl)c5)c4cc3N)C2C1. The summed E-state index contributed by atoms with van der Waals surface area (Å²) in [5.41, 5.74) is 8.13. The number of hydrogen-bond acceptors (Lipinski definition) is 6. The highest BCUT2D eigenvalue weighted by Gasteiger charge is 2.54. The van der Waals surface area contributed by atoms with Crippen LogP contribution in [0.5, 0.6) is 5.75 Å². The first-order valence-electron chi connectivity index (χ1n) is 10.6. The molecule has 1 aliphatic heterocycles. The molecule has 1 saturated heterocycles. The molecule has 2 aromatic carbocycles. The van der Waals surface area contributed by atoms with E-state index in [-0.39, 0.29) is 5.02 Å². The van der Waals surface area contributed by atoms with Crippen LogP contribution in [0.25, 0.3) is 10.9 Å². The predicted octanol–water partition coefficient (Wildman–Crippen LogP) is 4.96. The molecular formula is C23H27ClFN5O. The Morgan fingerprint density at radius 1 is 1.19 bits per heavy atom. The molecular weight excluding hydrogens is 417 g/mol. The minimum absolute atomic E-state index is 0.0413. The number of hydrogen-bond donors (Lipinski definition) is 2. The smallest absolute Gasteiger partial charge is 0.144 e. The van der Waals surface area contributed by atoms with Crippen molar-refractivity contribution in [3.05, 3.63) is 47.5 Å². The Balaban J connectivity index is 0.00000112. The molecule has 0 spiro atoms. The van der Waals surface area contributed by atoms with Crippen LogP contribution < -0.4 is 15.8 Å². The number of fused-ring (bicyclic) bond motifs is 2. The fraction of sp³-hybridized carbons (Fsp3) is 0.391. The standard InChI is InChI=1S/C21H21ClFN5O.C2H6/c1-28-7-13-14(8-28)15(13)9-29-20-6-19-12(5-18(20)24)21(26-10-25-19)27-11-2-3-17(23)16(22)4-11;1-2/h2-6,10,13-15H,7-9,24H2,1H3,(H,25,26,27);1-2H3. The van der Waals surface area contributed by atoms with E-state index in [1.54, 1.807) is 12.1 Å². The van der Waals surface area contributed by atoms with Crippen molar-refractivity contribution in [1.29, 1.82) is 0 Å². The molecule has 1 aromatic heterocycles. The highest BCUT2D eigenvalue weighted by Crippen LogP contribution is 2.51. The molecule has 2 heterocycles. The zero-order valence-electron chi connectivity index (χ0n) is 17.9. The fourth-order valence-corrected chi connectivity index (χ4v) is 4.51. The van der Waals surface area contributed by atoms with Crippen LogP contribution in [0.15, 0.2) is 36.7 Å². The van der Waals surface area contributed by atoms with Gasteiger partial charge in [0.2, 0.25) is 0 Å². The molecule has 3 N–H and O–H groups in total. The van der Waals surface area contributed by atoms with Crippen LogP contribution in [-0.2, 0) is 0 Å². The summed E-state index contributed by atoms with van der Waals surface area (Å²) in [7, 11) is 2.16. The zero-order valence-corrected chi connectivity index (χ0v) is 18.7. The Kier molecular flexibility index (Phi) is 6.16. The number of aromatic nitrogens is 2. The average Bonchev–Trinajstić information content (AvgIpc) is 3.23. The second-order valence-electron chi connectivity index (χ2n) is 7.91. The Labute approximate surface area is 186 Å². The lowest BCUT2D eigenvalue weighted by Crippen LogP contribution is -2.21. The van der Waals surface area contributed by atoms with Gasteiger partial charge in [-0.05, 0) is 43.1 Å². The number of likely N-dealkylation sites (tertiary alicyclic amines) is 1. The number of nitrogen functional groups attached to an aromatic ring is 1. The first kappa shape index (κ1) is 21.6. The van der Waals surface area contributed by atoms with Crippen molar-refractivity contribution < 1.29 is 9.13 Å². The third-order valence-corrected chi connectivity index (χ3v) is 6.22. The van der Waals surface area contributed by atoms with Crippen molar-refractivity contribution in [3.8, 4) is 5.75 Å². The lowest BCUT2D eigenvalue weighted by Gasteiger charge is -2.15. The van der Waals surface area contributed by atoms with Crippen LogP contribution in [0.4, 0.5) is 21.6 Å². The quantitative estimate of drug-likeness (QED) is 0.543. The Morgan fingerprint density at radius 3 is 2.65 bits per heavy atom. The Hall–Kier alpha value is -2.64. The number of piperidine rings is 1. The molecule has 8 heteroatoms. The van der Waals surface area contributed by atoms with Crippen LogP contribution in [0, 0.1) is 23.6 Å². The van der Waals surface area contributed by atoms with E-state index >= 15 is 0 Å². The van der Waals surface area contributed by atoms with Crippen molar-refractivity contribution >= 4 is 39.7 Å². The van der Waals surface area contributed by atoms with Gasteiger partial charge in [-0.3, -0.25) is 0 Å².